The zero-order valence-corrected chi connectivity index (χ0v) is 8.77. The molecule has 0 saturated heterocycles. The van der Waals surface area contributed by atoms with Crippen molar-refractivity contribution in [1.82, 2.24) is 5.16 Å². The molecule has 0 aliphatic rings. The molecule has 1 aromatic carbocycles. The van der Waals surface area contributed by atoms with E-state index < -0.39 is 6.10 Å². The average molecular weight is 203 g/mol. The standard InChI is InChI=1S/C12H13NO2/c1-8-11(9(2)14)12(15-13-8)10-6-4-3-5-7-10/h3-7,9,14H,1-2H3. The van der Waals surface area contributed by atoms with Gasteiger partial charge in [-0.15, -0.1) is 0 Å². The van der Waals surface area contributed by atoms with Crippen LogP contribution in [-0.2, 0) is 0 Å². The lowest BCUT2D eigenvalue weighted by molar-refractivity contribution is 0.198. The molecule has 0 radical (unpaired) electrons. The van der Waals surface area contributed by atoms with Gasteiger partial charge in [-0.05, 0) is 13.8 Å². The van der Waals surface area contributed by atoms with Crippen molar-refractivity contribution in [2.45, 2.75) is 20.0 Å². The third-order valence-corrected chi connectivity index (χ3v) is 2.36. The second kappa shape index (κ2) is 3.87. The minimum atomic E-state index is -0.563. The number of benzene rings is 1. The molecule has 15 heavy (non-hydrogen) atoms. The lowest BCUT2D eigenvalue weighted by Gasteiger charge is -2.04. The van der Waals surface area contributed by atoms with Crippen LogP contribution in [0.15, 0.2) is 34.9 Å². The maximum atomic E-state index is 9.64. The average Bonchev–Trinajstić information content (AvgIpc) is 2.61. The summed E-state index contributed by atoms with van der Waals surface area (Å²) in [6.45, 7) is 3.55. The maximum absolute atomic E-state index is 9.64. The molecule has 1 atom stereocenters. The first-order valence-electron chi connectivity index (χ1n) is 4.90. The Morgan fingerprint density at radius 3 is 2.53 bits per heavy atom. The molecule has 0 bridgehead atoms. The van der Waals surface area contributed by atoms with Crippen LogP contribution in [0.3, 0.4) is 0 Å². The molecule has 78 valence electrons. The van der Waals surface area contributed by atoms with Crippen LogP contribution in [0.1, 0.15) is 24.3 Å². The molecular formula is C12H13NO2. The highest BCUT2D eigenvalue weighted by atomic mass is 16.5. The number of aryl methyl sites for hydroxylation is 1. The van der Waals surface area contributed by atoms with E-state index in [4.69, 9.17) is 4.52 Å². The van der Waals surface area contributed by atoms with Gasteiger partial charge in [0.2, 0.25) is 0 Å². The number of aliphatic hydroxyl groups excluding tert-OH is 1. The summed E-state index contributed by atoms with van der Waals surface area (Å²) in [7, 11) is 0. The van der Waals surface area contributed by atoms with Crippen LogP contribution in [0.25, 0.3) is 11.3 Å². The van der Waals surface area contributed by atoms with E-state index in [1.807, 2.05) is 37.3 Å². The Hall–Kier alpha value is -1.61. The highest BCUT2D eigenvalue weighted by Gasteiger charge is 2.18. The summed E-state index contributed by atoms with van der Waals surface area (Å²) < 4.78 is 5.23. The Morgan fingerprint density at radius 2 is 1.93 bits per heavy atom. The fraction of sp³-hybridized carbons (Fsp3) is 0.250. The zero-order valence-electron chi connectivity index (χ0n) is 8.77. The molecule has 2 aromatic rings. The zero-order chi connectivity index (χ0) is 10.8. The first-order valence-corrected chi connectivity index (χ1v) is 4.90. The monoisotopic (exact) mass is 203 g/mol. The summed E-state index contributed by atoms with van der Waals surface area (Å²) in [5.41, 5.74) is 2.44. The van der Waals surface area contributed by atoms with Crippen LogP contribution in [-0.4, -0.2) is 10.3 Å². The van der Waals surface area contributed by atoms with Crippen molar-refractivity contribution in [1.29, 1.82) is 0 Å². The van der Waals surface area contributed by atoms with Gasteiger partial charge in [-0.3, -0.25) is 0 Å². The van der Waals surface area contributed by atoms with Gasteiger partial charge in [0.25, 0.3) is 0 Å². The van der Waals surface area contributed by atoms with Crippen LogP contribution in [0.4, 0.5) is 0 Å². The predicted molar refractivity (Wildman–Crippen MR) is 57.3 cm³/mol. The minimum absolute atomic E-state index is 0.563. The van der Waals surface area contributed by atoms with Gasteiger partial charge in [-0.25, -0.2) is 0 Å². The van der Waals surface area contributed by atoms with Crippen LogP contribution in [0.5, 0.6) is 0 Å². The summed E-state index contributed by atoms with van der Waals surface area (Å²) in [5.74, 6) is 0.656. The molecule has 0 aliphatic carbocycles. The van der Waals surface area contributed by atoms with Gasteiger partial charge in [0.15, 0.2) is 5.76 Å². The topological polar surface area (TPSA) is 46.3 Å². The van der Waals surface area contributed by atoms with Gasteiger partial charge >= 0.3 is 0 Å². The summed E-state index contributed by atoms with van der Waals surface area (Å²) in [6.07, 6.45) is -0.563. The lowest BCUT2D eigenvalue weighted by atomic mass is 10.0. The van der Waals surface area contributed by atoms with E-state index in [0.29, 0.717) is 5.76 Å². The van der Waals surface area contributed by atoms with E-state index in [0.717, 1.165) is 16.8 Å². The molecule has 0 fully saturated rings. The summed E-state index contributed by atoms with van der Waals surface area (Å²) in [5, 5.41) is 13.5. The van der Waals surface area contributed by atoms with E-state index in [9.17, 15) is 5.11 Å². The van der Waals surface area contributed by atoms with E-state index in [2.05, 4.69) is 5.16 Å². The number of hydrogen-bond donors (Lipinski definition) is 1. The molecule has 2 rings (SSSR count). The smallest absolute Gasteiger partial charge is 0.172 e. The molecular weight excluding hydrogens is 190 g/mol. The van der Waals surface area contributed by atoms with E-state index in [1.54, 1.807) is 6.92 Å². The SMILES string of the molecule is Cc1noc(-c2ccccc2)c1C(C)O. The molecule has 1 aromatic heterocycles. The number of nitrogens with zero attached hydrogens (tertiary/aromatic N) is 1. The fourth-order valence-electron chi connectivity index (χ4n) is 1.67. The molecule has 1 unspecified atom stereocenters. The first-order chi connectivity index (χ1) is 7.20. The fourth-order valence-corrected chi connectivity index (χ4v) is 1.67. The second-order valence-corrected chi connectivity index (χ2v) is 3.55. The van der Waals surface area contributed by atoms with Gasteiger partial charge in [0.1, 0.15) is 0 Å². The summed E-state index contributed by atoms with van der Waals surface area (Å²) >= 11 is 0. The third kappa shape index (κ3) is 1.78. The van der Waals surface area contributed by atoms with Crippen molar-refractivity contribution in [3.63, 3.8) is 0 Å². The van der Waals surface area contributed by atoms with Gasteiger partial charge in [0, 0.05) is 5.56 Å². The van der Waals surface area contributed by atoms with Crippen molar-refractivity contribution in [3.8, 4) is 11.3 Å². The highest BCUT2D eigenvalue weighted by Crippen LogP contribution is 2.30. The summed E-state index contributed by atoms with van der Waals surface area (Å²) in [4.78, 5) is 0. The van der Waals surface area contributed by atoms with Gasteiger partial charge in [0.05, 0.1) is 17.4 Å². The van der Waals surface area contributed by atoms with Crippen molar-refractivity contribution >= 4 is 0 Å². The van der Waals surface area contributed by atoms with Crippen molar-refractivity contribution in [3.05, 3.63) is 41.6 Å². The van der Waals surface area contributed by atoms with Crippen molar-refractivity contribution < 1.29 is 9.63 Å². The van der Waals surface area contributed by atoms with Crippen LogP contribution in [0.2, 0.25) is 0 Å². The summed E-state index contributed by atoms with van der Waals surface area (Å²) in [6, 6.07) is 9.67. The predicted octanol–water partition coefficient (Wildman–Crippen LogP) is 2.70. The van der Waals surface area contributed by atoms with Gasteiger partial charge in [-0.1, -0.05) is 35.5 Å². The van der Waals surface area contributed by atoms with Crippen LogP contribution >= 0.6 is 0 Å². The normalized spacial score (nSPS) is 12.7. The number of aliphatic hydroxyl groups is 1. The van der Waals surface area contributed by atoms with E-state index in [1.165, 1.54) is 0 Å². The molecule has 1 N–H and O–H groups in total. The van der Waals surface area contributed by atoms with Gasteiger partial charge in [-0.2, -0.15) is 0 Å². The van der Waals surface area contributed by atoms with Crippen LogP contribution in [0, 0.1) is 6.92 Å². The quantitative estimate of drug-likeness (QED) is 0.816. The molecule has 0 saturated carbocycles. The Kier molecular flexibility index (Phi) is 2.56. The van der Waals surface area contributed by atoms with Crippen molar-refractivity contribution in [2.75, 3.05) is 0 Å². The number of aromatic nitrogens is 1. The number of rotatable bonds is 2. The van der Waals surface area contributed by atoms with Crippen LogP contribution < -0.4 is 0 Å². The Labute approximate surface area is 88.3 Å². The minimum Gasteiger partial charge on any atom is -0.388 e. The molecule has 3 nitrogen and oxygen atoms in total. The number of hydrogen-bond acceptors (Lipinski definition) is 3. The maximum Gasteiger partial charge on any atom is 0.172 e. The largest absolute Gasteiger partial charge is 0.388 e. The second-order valence-electron chi connectivity index (χ2n) is 3.55. The Balaban J connectivity index is 2.54. The molecule has 0 spiro atoms. The Morgan fingerprint density at radius 1 is 1.27 bits per heavy atom. The Bertz CT molecular complexity index is 446. The van der Waals surface area contributed by atoms with E-state index in [-0.39, 0.29) is 0 Å². The first kappa shape index (κ1) is 9.93. The van der Waals surface area contributed by atoms with Crippen molar-refractivity contribution in [2.24, 2.45) is 0 Å². The van der Waals surface area contributed by atoms with Gasteiger partial charge < -0.3 is 9.63 Å². The molecule has 1 heterocycles. The molecule has 3 heteroatoms. The van der Waals surface area contributed by atoms with E-state index >= 15 is 0 Å². The lowest BCUT2D eigenvalue weighted by Crippen LogP contribution is -1.94. The molecule has 0 amide bonds. The third-order valence-electron chi connectivity index (χ3n) is 2.36. The highest BCUT2D eigenvalue weighted by molar-refractivity contribution is 5.62. The molecule has 0 aliphatic heterocycles.